The van der Waals surface area contributed by atoms with E-state index in [4.69, 9.17) is 0 Å². The van der Waals surface area contributed by atoms with E-state index in [2.05, 4.69) is 54.4 Å². The molecule has 2 heterocycles. The number of hydrogen-bond acceptors (Lipinski definition) is 2. The summed E-state index contributed by atoms with van der Waals surface area (Å²) in [5.41, 5.74) is 4.83. The minimum Gasteiger partial charge on any atom is -0.344 e. The Morgan fingerprint density at radius 1 is 1.31 bits per heavy atom. The summed E-state index contributed by atoms with van der Waals surface area (Å²) >= 11 is 0. The van der Waals surface area contributed by atoms with Crippen molar-refractivity contribution in [1.82, 2.24) is 14.5 Å². The van der Waals surface area contributed by atoms with Crippen molar-refractivity contribution >= 4 is 11.8 Å². The van der Waals surface area contributed by atoms with Crippen LogP contribution in [0.25, 0.3) is 11.8 Å². The first-order valence-electron chi connectivity index (χ1n) is 5.68. The third-order valence-electron chi connectivity index (χ3n) is 2.89. The Balaban J connectivity index is 2.60. The lowest BCUT2D eigenvalue weighted by Crippen LogP contribution is -2.27. The fourth-order valence-electron chi connectivity index (χ4n) is 2.09. The number of imidazole rings is 1. The minimum absolute atomic E-state index is 0.455. The van der Waals surface area contributed by atoms with Crippen LogP contribution in [0.1, 0.15) is 39.1 Å². The van der Waals surface area contributed by atoms with Crippen LogP contribution in [0.5, 0.6) is 0 Å². The van der Waals surface area contributed by atoms with Crippen molar-refractivity contribution in [1.29, 1.82) is 0 Å². The van der Waals surface area contributed by atoms with Gasteiger partial charge in [0.05, 0.1) is 17.7 Å². The lowest BCUT2D eigenvalue weighted by Gasteiger charge is -2.31. The van der Waals surface area contributed by atoms with Crippen molar-refractivity contribution < 1.29 is 0 Å². The van der Waals surface area contributed by atoms with Crippen molar-refractivity contribution in [3.05, 3.63) is 29.5 Å². The smallest absolute Gasteiger partial charge is 0.112 e. The van der Waals surface area contributed by atoms with E-state index in [1.54, 1.807) is 0 Å². The number of hydrogen-bond donors (Lipinski definition) is 0. The first kappa shape index (κ1) is 11.0. The van der Waals surface area contributed by atoms with Crippen LogP contribution in [0.15, 0.2) is 18.1 Å². The lowest BCUT2D eigenvalue weighted by molar-refractivity contribution is 0.433. The summed E-state index contributed by atoms with van der Waals surface area (Å²) < 4.78 is 2.06. The molecule has 16 heavy (non-hydrogen) atoms. The first-order valence-corrected chi connectivity index (χ1v) is 5.68. The van der Waals surface area contributed by atoms with Gasteiger partial charge in [-0.05, 0) is 33.8 Å². The number of fused-ring (bicyclic) bond motifs is 1. The molecule has 1 aromatic heterocycles. The average molecular weight is 217 g/mol. The Labute approximate surface area is 97.1 Å². The zero-order chi connectivity index (χ0) is 11.9. The van der Waals surface area contributed by atoms with E-state index in [0.29, 0.717) is 6.04 Å². The van der Waals surface area contributed by atoms with Gasteiger partial charge in [-0.25, -0.2) is 4.98 Å². The van der Waals surface area contributed by atoms with Gasteiger partial charge in [0.2, 0.25) is 0 Å². The second kappa shape index (κ2) is 3.81. The largest absolute Gasteiger partial charge is 0.344 e. The molecule has 1 aliphatic rings. The zero-order valence-electron chi connectivity index (χ0n) is 10.7. The van der Waals surface area contributed by atoms with E-state index in [1.807, 2.05) is 13.4 Å². The van der Waals surface area contributed by atoms with Crippen LogP contribution in [-0.4, -0.2) is 20.5 Å². The zero-order valence-corrected chi connectivity index (χ0v) is 10.7. The summed E-state index contributed by atoms with van der Waals surface area (Å²) in [5, 5.41) is 0. The maximum atomic E-state index is 4.50. The van der Waals surface area contributed by atoms with Crippen LogP contribution < -0.4 is 0 Å². The molecule has 86 valence electrons. The predicted molar refractivity (Wildman–Crippen MR) is 67.5 cm³/mol. The van der Waals surface area contributed by atoms with E-state index in [1.165, 1.54) is 17.0 Å². The van der Waals surface area contributed by atoms with E-state index in [9.17, 15) is 0 Å². The molecule has 0 saturated heterocycles. The van der Waals surface area contributed by atoms with Crippen LogP contribution in [0.4, 0.5) is 0 Å². The van der Waals surface area contributed by atoms with Crippen molar-refractivity contribution in [2.24, 2.45) is 7.05 Å². The van der Waals surface area contributed by atoms with Crippen molar-refractivity contribution in [2.45, 2.75) is 33.7 Å². The van der Waals surface area contributed by atoms with Crippen LogP contribution in [0.3, 0.4) is 0 Å². The van der Waals surface area contributed by atoms with Gasteiger partial charge in [-0.3, -0.25) is 0 Å². The normalized spacial score (nSPS) is 14.6. The summed E-state index contributed by atoms with van der Waals surface area (Å²) in [5.74, 6) is 0. The number of aromatic nitrogens is 2. The van der Waals surface area contributed by atoms with E-state index >= 15 is 0 Å². The summed E-state index contributed by atoms with van der Waals surface area (Å²) in [6.07, 6.45) is 6.16. The summed E-state index contributed by atoms with van der Waals surface area (Å²) in [6, 6.07) is 0.455. The molecule has 0 spiro atoms. The molecule has 0 saturated carbocycles. The fourth-order valence-corrected chi connectivity index (χ4v) is 2.09. The van der Waals surface area contributed by atoms with E-state index in [0.717, 1.165) is 5.69 Å². The van der Waals surface area contributed by atoms with Gasteiger partial charge in [0, 0.05) is 19.3 Å². The first-order chi connectivity index (χ1) is 7.52. The second-order valence-corrected chi connectivity index (χ2v) is 4.75. The van der Waals surface area contributed by atoms with Gasteiger partial charge in [-0.2, -0.15) is 0 Å². The molecule has 0 bridgehead atoms. The van der Waals surface area contributed by atoms with Crippen LogP contribution >= 0.6 is 0 Å². The highest BCUT2D eigenvalue weighted by molar-refractivity contribution is 5.75. The summed E-state index contributed by atoms with van der Waals surface area (Å²) in [6.45, 7) is 8.67. The second-order valence-electron chi connectivity index (χ2n) is 4.75. The molecule has 2 rings (SSSR count). The topological polar surface area (TPSA) is 21.1 Å². The molecule has 0 atom stereocenters. The van der Waals surface area contributed by atoms with Crippen molar-refractivity contribution in [3.63, 3.8) is 0 Å². The van der Waals surface area contributed by atoms with Gasteiger partial charge in [0.15, 0.2) is 0 Å². The SMILES string of the molecule is CC(C)=C1c2ncn(C)c2C=CN1C(C)C. The predicted octanol–water partition coefficient (Wildman–Crippen LogP) is 2.87. The van der Waals surface area contributed by atoms with Crippen molar-refractivity contribution in [2.75, 3.05) is 0 Å². The molecule has 0 N–H and O–H groups in total. The maximum absolute atomic E-state index is 4.50. The highest BCUT2D eigenvalue weighted by atomic mass is 15.2. The third kappa shape index (κ3) is 1.56. The number of aryl methyl sites for hydroxylation is 1. The molecule has 0 amide bonds. The van der Waals surface area contributed by atoms with E-state index in [-0.39, 0.29) is 0 Å². The molecule has 1 aromatic rings. The standard InChI is InChI=1S/C13H19N3/c1-9(2)13-12-11(15(5)8-14-12)6-7-16(13)10(3)4/h6-8,10H,1-5H3. The molecule has 0 aromatic carbocycles. The monoisotopic (exact) mass is 217 g/mol. The highest BCUT2D eigenvalue weighted by Gasteiger charge is 2.23. The molecule has 0 aliphatic carbocycles. The number of rotatable bonds is 1. The Hall–Kier alpha value is -1.51. The Kier molecular flexibility index (Phi) is 2.62. The van der Waals surface area contributed by atoms with Gasteiger partial charge in [-0.1, -0.05) is 5.57 Å². The molecular formula is C13H19N3. The fraction of sp³-hybridized carbons (Fsp3) is 0.462. The Morgan fingerprint density at radius 3 is 2.56 bits per heavy atom. The highest BCUT2D eigenvalue weighted by Crippen LogP contribution is 2.31. The lowest BCUT2D eigenvalue weighted by atomic mass is 10.1. The molecule has 0 fully saturated rings. The molecule has 3 nitrogen and oxygen atoms in total. The molecule has 0 unspecified atom stereocenters. The van der Waals surface area contributed by atoms with Crippen LogP contribution in [0.2, 0.25) is 0 Å². The van der Waals surface area contributed by atoms with Gasteiger partial charge in [-0.15, -0.1) is 0 Å². The summed E-state index contributed by atoms with van der Waals surface area (Å²) in [4.78, 5) is 6.79. The number of nitrogens with zero attached hydrogens (tertiary/aromatic N) is 3. The average Bonchev–Trinajstić information content (AvgIpc) is 2.58. The maximum Gasteiger partial charge on any atom is 0.112 e. The summed E-state index contributed by atoms with van der Waals surface area (Å²) in [7, 11) is 2.03. The van der Waals surface area contributed by atoms with Crippen LogP contribution in [-0.2, 0) is 7.05 Å². The van der Waals surface area contributed by atoms with Crippen molar-refractivity contribution in [3.8, 4) is 0 Å². The quantitative estimate of drug-likeness (QED) is 0.721. The molecule has 0 radical (unpaired) electrons. The van der Waals surface area contributed by atoms with Gasteiger partial charge < -0.3 is 9.47 Å². The molecule has 3 heteroatoms. The minimum atomic E-state index is 0.455. The van der Waals surface area contributed by atoms with Crippen LogP contribution in [0, 0.1) is 0 Å². The van der Waals surface area contributed by atoms with Gasteiger partial charge in [0.25, 0.3) is 0 Å². The third-order valence-corrected chi connectivity index (χ3v) is 2.89. The van der Waals surface area contributed by atoms with E-state index < -0.39 is 0 Å². The number of allylic oxidation sites excluding steroid dienone is 1. The van der Waals surface area contributed by atoms with Gasteiger partial charge in [0.1, 0.15) is 5.69 Å². The molecule has 1 aliphatic heterocycles. The molecular weight excluding hydrogens is 198 g/mol. The Morgan fingerprint density at radius 2 is 2.00 bits per heavy atom. The van der Waals surface area contributed by atoms with Gasteiger partial charge >= 0.3 is 0 Å². The Bertz CT molecular complexity index is 460.